The van der Waals surface area contributed by atoms with E-state index < -0.39 is 10.0 Å². The van der Waals surface area contributed by atoms with Crippen molar-refractivity contribution in [3.05, 3.63) is 36.7 Å². The predicted octanol–water partition coefficient (Wildman–Crippen LogP) is 4.85. The van der Waals surface area contributed by atoms with Gasteiger partial charge >= 0.3 is 0 Å². The Labute approximate surface area is 235 Å². The van der Waals surface area contributed by atoms with E-state index in [2.05, 4.69) is 51.2 Å². The highest BCUT2D eigenvalue weighted by atomic mass is 32.2. The number of aryl methyl sites for hydroxylation is 1. The van der Waals surface area contributed by atoms with Crippen molar-refractivity contribution in [1.29, 1.82) is 0 Å². The zero-order valence-corrected chi connectivity index (χ0v) is 24.9. The average Bonchev–Trinajstić information content (AvgIpc) is 3.40. The quantitative estimate of drug-likeness (QED) is 0.245. The number of nitrogen functional groups attached to an aromatic ring is 1. The lowest BCUT2D eigenvalue weighted by Gasteiger charge is -2.30. The normalized spacial score (nSPS) is 10.7. The predicted molar refractivity (Wildman–Crippen MR) is 161 cm³/mol. The van der Waals surface area contributed by atoms with Crippen LogP contribution in [0, 0.1) is 25.7 Å². The number of sulfonamides is 1. The molecule has 0 spiro atoms. The third-order valence-electron chi connectivity index (χ3n) is 4.13. The van der Waals surface area contributed by atoms with Gasteiger partial charge < -0.3 is 25.4 Å². The molecular formula is C28H46N4O6S. The summed E-state index contributed by atoms with van der Waals surface area (Å²) >= 11 is 0. The molecule has 0 bridgehead atoms. The van der Waals surface area contributed by atoms with Crippen molar-refractivity contribution in [2.45, 2.75) is 65.8 Å². The minimum Gasteiger partial charge on any atom is -0.513 e. The van der Waals surface area contributed by atoms with Gasteiger partial charge in [0.05, 0.1) is 24.6 Å². The van der Waals surface area contributed by atoms with E-state index in [1.54, 1.807) is 18.2 Å². The molecule has 0 radical (unpaired) electrons. The van der Waals surface area contributed by atoms with Gasteiger partial charge in [-0.25, -0.2) is 8.42 Å². The first-order valence-electron chi connectivity index (χ1n) is 12.6. The molecule has 2 heterocycles. The van der Waals surface area contributed by atoms with Crippen molar-refractivity contribution >= 4 is 21.4 Å². The number of fused-ring (bicyclic) bond motifs is 1. The molecule has 1 aromatic carbocycles. The van der Waals surface area contributed by atoms with Gasteiger partial charge in [-0.1, -0.05) is 47.6 Å². The number of terminal acetylenes is 2. The SMILES string of the molecule is C#C.C#C.C=C(O)CC.CC.CCC.CCn1cc(S(=O)(=O)N2CCOc3ccc(N)cc32)c(OCCO)n1. The fraction of sp³-hybridized carbons (Fsp3) is 0.464. The number of hydrogen-bond acceptors (Lipinski definition) is 8. The molecule has 220 valence electrons. The first kappa shape index (κ1) is 39.7. The zero-order chi connectivity index (χ0) is 31.0. The maximum Gasteiger partial charge on any atom is 0.271 e. The number of anilines is 2. The van der Waals surface area contributed by atoms with Crippen LogP contribution in [0.3, 0.4) is 0 Å². The molecule has 10 nitrogen and oxygen atoms in total. The highest BCUT2D eigenvalue weighted by molar-refractivity contribution is 7.93. The molecule has 0 amide bonds. The van der Waals surface area contributed by atoms with Crippen molar-refractivity contribution in [2.24, 2.45) is 0 Å². The summed E-state index contributed by atoms with van der Waals surface area (Å²) in [5.41, 5.74) is 6.62. The van der Waals surface area contributed by atoms with Crippen LogP contribution in [0.1, 0.15) is 54.4 Å². The molecule has 0 aliphatic carbocycles. The molecule has 1 aliphatic rings. The molecule has 2 aromatic rings. The molecule has 0 atom stereocenters. The van der Waals surface area contributed by atoms with Crippen LogP contribution in [0.5, 0.6) is 11.6 Å². The number of aliphatic hydroxyl groups excluding tert-OH is 2. The van der Waals surface area contributed by atoms with Crippen LogP contribution in [0.4, 0.5) is 11.4 Å². The van der Waals surface area contributed by atoms with E-state index in [1.165, 1.54) is 21.6 Å². The number of allylic oxidation sites excluding steroid dienone is 1. The first-order valence-corrected chi connectivity index (χ1v) is 14.0. The Morgan fingerprint density at radius 1 is 1.18 bits per heavy atom. The largest absolute Gasteiger partial charge is 0.513 e. The van der Waals surface area contributed by atoms with E-state index in [4.69, 9.17) is 25.4 Å². The first-order chi connectivity index (χ1) is 18.7. The lowest BCUT2D eigenvalue weighted by Crippen LogP contribution is -2.38. The molecule has 0 fully saturated rings. The molecule has 1 aliphatic heterocycles. The van der Waals surface area contributed by atoms with Crippen LogP contribution in [0.25, 0.3) is 0 Å². The topological polar surface area (TPSA) is 140 Å². The van der Waals surface area contributed by atoms with E-state index in [0.29, 0.717) is 30.1 Å². The summed E-state index contributed by atoms with van der Waals surface area (Å²) in [6.07, 6.45) is 19.3. The van der Waals surface area contributed by atoms with Gasteiger partial charge in [-0.15, -0.1) is 30.8 Å². The molecule has 0 saturated carbocycles. The van der Waals surface area contributed by atoms with Crippen molar-refractivity contribution in [3.63, 3.8) is 0 Å². The number of nitrogens with zero attached hydrogens (tertiary/aromatic N) is 3. The van der Waals surface area contributed by atoms with Gasteiger partial charge in [-0.05, 0) is 25.1 Å². The van der Waals surface area contributed by atoms with Crippen LogP contribution in [-0.4, -0.2) is 54.8 Å². The smallest absolute Gasteiger partial charge is 0.271 e. The summed E-state index contributed by atoms with van der Waals surface area (Å²) < 4.78 is 40.0. The fourth-order valence-electron chi connectivity index (χ4n) is 2.55. The number of ether oxygens (including phenoxy) is 2. The number of rotatable bonds is 7. The van der Waals surface area contributed by atoms with Gasteiger partial charge in [-0.2, -0.15) is 0 Å². The Morgan fingerprint density at radius 3 is 2.18 bits per heavy atom. The van der Waals surface area contributed by atoms with Gasteiger partial charge in [-0.3, -0.25) is 8.99 Å². The maximum atomic E-state index is 13.2. The molecule has 11 heteroatoms. The van der Waals surface area contributed by atoms with E-state index in [-0.39, 0.29) is 42.9 Å². The number of nitrogens with two attached hydrogens (primary N) is 1. The highest BCUT2D eigenvalue weighted by Gasteiger charge is 2.34. The van der Waals surface area contributed by atoms with Crippen molar-refractivity contribution in [1.82, 2.24) is 9.78 Å². The Balaban J connectivity index is -0.000000786. The fourth-order valence-corrected chi connectivity index (χ4v) is 4.07. The Bertz CT molecular complexity index is 1070. The van der Waals surface area contributed by atoms with Crippen LogP contribution < -0.4 is 19.5 Å². The Kier molecular flexibility index (Phi) is 23.8. The van der Waals surface area contributed by atoms with E-state index in [9.17, 15) is 8.42 Å². The molecule has 3 rings (SSSR count). The van der Waals surface area contributed by atoms with Crippen molar-refractivity contribution in [2.75, 3.05) is 36.4 Å². The maximum absolute atomic E-state index is 13.2. The van der Waals surface area contributed by atoms with Crippen LogP contribution in [0.15, 0.2) is 41.6 Å². The summed E-state index contributed by atoms with van der Waals surface area (Å²) in [6.45, 7) is 15.7. The minimum absolute atomic E-state index is 0.0344. The number of aliphatic hydroxyl groups is 2. The van der Waals surface area contributed by atoms with Crippen LogP contribution in [0.2, 0.25) is 0 Å². The molecule has 0 unspecified atom stereocenters. The van der Waals surface area contributed by atoms with Gasteiger partial charge in [0.2, 0.25) is 0 Å². The van der Waals surface area contributed by atoms with Gasteiger partial charge in [0.1, 0.15) is 19.0 Å². The summed E-state index contributed by atoms with van der Waals surface area (Å²) in [4.78, 5) is -0.0573. The molecular weight excluding hydrogens is 520 g/mol. The third-order valence-corrected chi connectivity index (χ3v) is 5.93. The lowest BCUT2D eigenvalue weighted by molar-refractivity contribution is 0.192. The summed E-state index contributed by atoms with van der Waals surface area (Å²) in [7, 11) is -3.93. The van der Waals surface area contributed by atoms with E-state index in [0.717, 1.165) is 0 Å². The minimum atomic E-state index is -3.93. The highest BCUT2D eigenvalue weighted by Crippen LogP contribution is 2.38. The molecule has 0 saturated heterocycles. The molecule has 4 N–H and O–H groups in total. The second-order valence-corrected chi connectivity index (χ2v) is 8.84. The average molecular weight is 567 g/mol. The summed E-state index contributed by atoms with van der Waals surface area (Å²) in [5, 5.41) is 21.2. The Morgan fingerprint density at radius 2 is 1.72 bits per heavy atom. The number of benzene rings is 1. The third kappa shape index (κ3) is 13.5. The molecule has 1 aromatic heterocycles. The van der Waals surface area contributed by atoms with Crippen LogP contribution in [-0.2, 0) is 16.6 Å². The number of aromatic nitrogens is 2. The molecule has 39 heavy (non-hydrogen) atoms. The second kappa shape index (κ2) is 23.3. The second-order valence-electron chi connectivity index (χ2n) is 7.01. The lowest BCUT2D eigenvalue weighted by atomic mass is 10.2. The van der Waals surface area contributed by atoms with Gasteiger partial charge in [0.15, 0.2) is 4.90 Å². The van der Waals surface area contributed by atoms with Gasteiger partial charge in [0, 0.05) is 24.8 Å². The van der Waals surface area contributed by atoms with Crippen LogP contribution >= 0.6 is 0 Å². The summed E-state index contributed by atoms with van der Waals surface area (Å²) in [5.74, 6) is 0.669. The summed E-state index contributed by atoms with van der Waals surface area (Å²) in [6, 6.07) is 4.86. The number of hydrogen-bond donors (Lipinski definition) is 3. The van der Waals surface area contributed by atoms with Crippen molar-refractivity contribution < 1.29 is 28.1 Å². The Hall–Kier alpha value is -3.80. The van der Waals surface area contributed by atoms with Gasteiger partial charge in [0.25, 0.3) is 15.9 Å². The standard InChI is InChI=1S/C15H20N4O5S.C4H8O.C3H8.C2H6.2C2H2/c1-2-18-10-14(15(17-18)24-8-6-20)25(21,22)19-5-7-23-13-4-3-11(16)9-12(13)19;1-3-4(2)5;1-3-2;3*1-2/h3-4,9-10,20H,2,5-8,16H2,1H3;5H,2-3H2,1H3;3H2,1-2H3;1-2H3;2*1-2H. The van der Waals surface area contributed by atoms with E-state index >= 15 is 0 Å². The monoisotopic (exact) mass is 566 g/mol. The van der Waals surface area contributed by atoms with E-state index in [1.807, 2.05) is 27.7 Å². The van der Waals surface area contributed by atoms with Crippen molar-refractivity contribution in [3.8, 4) is 37.3 Å². The zero-order valence-electron chi connectivity index (χ0n) is 24.1.